The van der Waals surface area contributed by atoms with Crippen molar-refractivity contribution in [3.8, 4) is 10.7 Å². The van der Waals surface area contributed by atoms with Crippen LogP contribution in [0.4, 0.5) is 0 Å². The third-order valence-electron chi connectivity index (χ3n) is 3.20. The van der Waals surface area contributed by atoms with Crippen molar-refractivity contribution in [2.75, 3.05) is 6.54 Å². The molecule has 0 spiro atoms. The summed E-state index contributed by atoms with van der Waals surface area (Å²) in [6.45, 7) is 1.16. The number of likely N-dealkylation sites (tertiary alicyclic amines) is 1. The molecule has 2 aromatic heterocycles. The molecule has 7 heteroatoms. The van der Waals surface area contributed by atoms with Crippen LogP contribution in [-0.2, 0) is 11.3 Å². The SMILES string of the molecule is O=C(O)C1CCCN1Cc1nc(-c2cccs2)no1. The lowest BCUT2D eigenvalue weighted by atomic mass is 10.2. The maximum atomic E-state index is 11.1. The molecule has 0 bridgehead atoms. The summed E-state index contributed by atoms with van der Waals surface area (Å²) in [5.74, 6) is 0.253. The highest BCUT2D eigenvalue weighted by Crippen LogP contribution is 2.23. The summed E-state index contributed by atoms with van der Waals surface area (Å²) in [5.41, 5.74) is 0. The summed E-state index contributed by atoms with van der Waals surface area (Å²) >= 11 is 1.54. The van der Waals surface area contributed by atoms with E-state index < -0.39 is 12.0 Å². The molecule has 3 heterocycles. The van der Waals surface area contributed by atoms with Gasteiger partial charge in [-0.15, -0.1) is 11.3 Å². The first-order chi connectivity index (χ1) is 9.24. The Morgan fingerprint density at radius 3 is 3.26 bits per heavy atom. The molecule has 1 saturated heterocycles. The highest BCUT2D eigenvalue weighted by Gasteiger charge is 2.31. The quantitative estimate of drug-likeness (QED) is 0.920. The van der Waals surface area contributed by atoms with Crippen LogP contribution in [0.3, 0.4) is 0 Å². The van der Waals surface area contributed by atoms with E-state index in [1.807, 2.05) is 22.4 Å². The van der Waals surface area contributed by atoms with E-state index in [9.17, 15) is 4.79 Å². The lowest BCUT2D eigenvalue weighted by Crippen LogP contribution is -2.35. The number of aliphatic carboxylic acids is 1. The molecule has 1 N–H and O–H groups in total. The molecule has 0 aromatic carbocycles. The molecule has 6 nitrogen and oxygen atoms in total. The van der Waals surface area contributed by atoms with Crippen molar-refractivity contribution in [1.82, 2.24) is 15.0 Å². The van der Waals surface area contributed by atoms with Crippen LogP contribution in [0.25, 0.3) is 10.7 Å². The Kier molecular flexibility index (Phi) is 3.31. The van der Waals surface area contributed by atoms with Gasteiger partial charge in [0.1, 0.15) is 6.04 Å². The number of hydrogen-bond donors (Lipinski definition) is 1. The molecule has 1 aliphatic rings. The predicted octanol–water partition coefficient (Wildman–Crippen LogP) is 1.85. The predicted molar refractivity (Wildman–Crippen MR) is 68.7 cm³/mol. The van der Waals surface area contributed by atoms with Gasteiger partial charge in [-0.05, 0) is 30.8 Å². The number of aromatic nitrogens is 2. The topological polar surface area (TPSA) is 79.5 Å². The fourth-order valence-corrected chi connectivity index (χ4v) is 2.94. The average molecular weight is 279 g/mol. The van der Waals surface area contributed by atoms with Crippen LogP contribution >= 0.6 is 11.3 Å². The van der Waals surface area contributed by atoms with Crippen molar-refractivity contribution in [2.24, 2.45) is 0 Å². The number of carbonyl (C=O) groups is 1. The van der Waals surface area contributed by atoms with Crippen LogP contribution < -0.4 is 0 Å². The maximum absolute atomic E-state index is 11.1. The van der Waals surface area contributed by atoms with E-state index in [0.29, 0.717) is 24.7 Å². The second-order valence-electron chi connectivity index (χ2n) is 4.46. The van der Waals surface area contributed by atoms with Crippen LogP contribution in [0.2, 0.25) is 0 Å². The number of rotatable bonds is 4. The molecule has 1 aliphatic heterocycles. The standard InChI is InChI=1S/C12H13N3O3S/c16-12(17)8-3-1-5-15(8)7-10-13-11(14-18-10)9-4-2-6-19-9/h2,4,6,8H,1,3,5,7H2,(H,16,17). The zero-order valence-electron chi connectivity index (χ0n) is 10.2. The van der Waals surface area contributed by atoms with Crippen LogP contribution in [0.1, 0.15) is 18.7 Å². The lowest BCUT2D eigenvalue weighted by Gasteiger charge is -2.18. The number of hydrogen-bond acceptors (Lipinski definition) is 6. The first-order valence-electron chi connectivity index (χ1n) is 6.07. The largest absolute Gasteiger partial charge is 0.480 e. The minimum atomic E-state index is -0.782. The molecule has 1 fully saturated rings. The van der Waals surface area contributed by atoms with Gasteiger partial charge in [0, 0.05) is 0 Å². The van der Waals surface area contributed by atoms with Gasteiger partial charge in [0.2, 0.25) is 11.7 Å². The molecule has 2 aromatic rings. The Morgan fingerprint density at radius 2 is 2.53 bits per heavy atom. The Hall–Kier alpha value is -1.73. The Balaban J connectivity index is 1.72. The molecule has 1 atom stereocenters. The van der Waals surface area contributed by atoms with Crippen LogP contribution in [-0.4, -0.2) is 38.7 Å². The van der Waals surface area contributed by atoms with Gasteiger partial charge in [-0.2, -0.15) is 4.98 Å². The van der Waals surface area contributed by atoms with E-state index in [0.717, 1.165) is 17.8 Å². The van der Waals surface area contributed by atoms with Crippen LogP contribution in [0, 0.1) is 0 Å². The lowest BCUT2D eigenvalue weighted by molar-refractivity contribution is -0.142. The van der Waals surface area contributed by atoms with Gasteiger partial charge in [-0.3, -0.25) is 9.69 Å². The molecular weight excluding hydrogens is 266 g/mol. The third-order valence-corrected chi connectivity index (χ3v) is 4.06. The normalized spacial score (nSPS) is 19.9. The van der Waals surface area contributed by atoms with E-state index in [2.05, 4.69) is 10.1 Å². The van der Waals surface area contributed by atoms with Gasteiger partial charge in [0.25, 0.3) is 0 Å². The minimum absolute atomic E-state index is 0.398. The zero-order chi connectivity index (χ0) is 13.2. The summed E-state index contributed by atoms with van der Waals surface area (Å²) in [7, 11) is 0. The summed E-state index contributed by atoms with van der Waals surface area (Å²) in [4.78, 5) is 18.2. The monoisotopic (exact) mass is 279 g/mol. The zero-order valence-corrected chi connectivity index (χ0v) is 11.0. The van der Waals surface area contributed by atoms with Gasteiger partial charge < -0.3 is 9.63 Å². The number of thiophene rings is 1. The number of carboxylic acid groups (broad SMARTS) is 1. The fraction of sp³-hybridized carbons (Fsp3) is 0.417. The second kappa shape index (κ2) is 5.10. The van der Waals surface area contributed by atoms with Gasteiger partial charge in [0.15, 0.2) is 0 Å². The summed E-state index contributed by atoms with van der Waals surface area (Å²) in [5, 5.41) is 15.0. The highest BCUT2D eigenvalue weighted by atomic mass is 32.1. The van der Waals surface area contributed by atoms with Crippen molar-refractivity contribution in [1.29, 1.82) is 0 Å². The molecule has 3 rings (SSSR count). The Labute approximate surface area is 113 Å². The van der Waals surface area contributed by atoms with E-state index in [1.54, 1.807) is 11.3 Å². The van der Waals surface area contributed by atoms with E-state index in [4.69, 9.17) is 9.63 Å². The average Bonchev–Trinajstić information content (AvgIpc) is 3.09. The molecule has 19 heavy (non-hydrogen) atoms. The summed E-state index contributed by atoms with van der Waals surface area (Å²) in [6.07, 6.45) is 1.57. The number of nitrogens with zero attached hydrogens (tertiary/aromatic N) is 3. The third kappa shape index (κ3) is 2.52. The van der Waals surface area contributed by atoms with Gasteiger partial charge in [-0.25, -0.2) is 0 Å². The second-order valence-corrected chi connectivity index (χ2v) is 5.40. The fourth-order valence-electron chi connectivity index (χ4n) is 2.29. The molecule has 0 radical (unpaired) electrons. The van der Waals surface area contributed by atoms with Crippen LogP contribution in [0.5, 0.6) is 0 Å². The van der Waals surface area contributed by atoms with Gasteiger partial charge >= 0.3 is 5.97 Å². The number of carboxylic acids is 1. The molecule has 0 saturated carbocycles. The van der Waals surface area contributed by atoms with Gasteiger partial charge in [0.05, 0.1) is 11.4 Å². The van der Waals surface area contributed by atoms with Crippen molar-refractivity contribution < 1.29 is 14.4 Å². The van der Waals surface area contributed by atoms with Crippen molar-refractivity contribution in [3.05, 3.63) is 23.4 Å². The molecule has 1 unspecified atom stereocenters. The van der Waals surface area contributed by atoms with Gasteiger partial charge in [-0.1, -0.05) is 11.2 Å². The first kappa shape index (κ1) is 12.3. The summed E-state index contributed by atoms with van der Waals surface area (Å²) in [6, 6.07) is 3.42. The molecule has 0 aliphatic carbocycles. The molecular formula is C12H13N3O3S. The minimum Gasteiger partial charge on any atom is -0.480 e. The first-order valence-corrected chi connectivity index (χ1v) is 6.95. The van der Waals surface area contributed by atoms with Crippen molar-refractivity contribution in [3.63, 3.8) is 0 Å². The Morgan fingerprint density at radius 1 is 1.63 bits per heavy atom. The van der Waals surface area contributed by atoms with E-state index >= 15 is 0 Å². The Bertz CT molecular complexity index is 567. The highest BCUT2D eigenvalue weighted by molar-refractivity contribution is 7.13. The molecule has 0 amide bonds. The maximum Gasteiger partial charge on any atom is 0.320 e. The molecule has 100 valence electrons. The van der Waals surface area contributed by atoms with E-state index in [1.165, 1.54) is 0 Å². The summed E-state index contributed by atoms with van der Waals surface area (Å²) < 4.78 is 5.19. The van der Waals surface area contributed by atoms with E-state index in [-0.39, 0.29) is 0 Å². The van der Waals surface area contributed by atoms with Crippen molar-refractivity contribution >= 4 is 17.3 Å². The van der Waals surface area contributed by atoms with Crippen LogP contribution in [0.15, 0.2) is 22.0 Å². The van der Waals surface area contributed by atoms with Crippen molar-refractivity contribution in [2.45, 2.75) is 25.4 Å². The smallest absolute Gasteiger partial charge is 0.320 e.